The third-order valence-electron chi connectivity index (χ3n) is 2.49. The highest BCUT2D eigenvalue weighted by Gasteiger charge is 2.00. The van der Waals surface area contributed by atoms with Gasteiger partial charge in [0.05, 0.1) is 11.4 Å². The highest BCUT2D eigenvalue weighted by Crippen LogP contribution is 2.16. The number of rotatable bonds is 5. The molecule has 5 heteroatoms. The Balaban J connectivity index is 1.77. The van der Waals surface area contributed by atoms with Crippen molar-refractivity contribution in [3.8, 4) is 0 Å². The van der Waals surface area contributed by atoms with E-state index in [1.165, 1.54) is 4.90 Å². The Morgan fingerprint density at radius 1 is 1.06 bits per heavy atom. The van der Waals surface area contributed by atoms with E-state index >= 15 is 0 Å². The molecule has 1 N–H and O–H groups in total. The Kier molecular flexibility index (Phi) is 4.52. The molecule has 0 aliphatic rings. The second kappa shape index (κ2) is 6.35. The zero-order valence-electron chi connectivity index (χ0n) is 10.6. The van der Waals surface area contributed by atoms with Gasteiger partial charge in [-0.15, -0.1) is 16.9 Å². The third kappa shape index (κ3) is 3.70. The van der Waals surface area contributed by atoms with Crippen molar-refractivity contribution >= 4 is 17.7 Å². The van der Waals surface area contributed by atoms with Crippen LogP contribution in [0.3, 0.4) is 0 Å². The van der Waals surface area contributed by atoms with Gasteiger partial charge in [0, 0.05) is 17.2 Å². The number of aryl methyl sites for hydroxylation is 2. The fourth-order valence-corrected chi connectivity index (χ4v) is 2.17. The molecular formula is C13H16N4S. The lowest BCUT2D eigenvalue weighted by Gasteiger charge is -2.05. The van der Waals surface area contributed by atoms with E-state index in [4.69, 9.17) is 0 Å². The van der Waals surface area contributed by atoms with E-state index in [0.717, 1.165) is 23.7 Å². The van der Waals surface area contributed by atoms with Crippen LogP contribution in [-0.2, 0) is 0 Å². The fraction of sp³-hybridized carbons (Fsp3) is 0.308. The van der Waals surface area contributed by atoms with E-state index in [1.54, 1.807) is 0 Å². The molecule has 0 aliphatic heterocycles. The molecule has 4 nitrogen and oxygen atoms in total. The summed E-state index contributed by atoms with van der Waals surface area (Å²) in [5, 5.41) is 11.2. The molecule has 2 rings (SSSR count). The van der Waals surface area contributed by atoms with Crippen molar-refractivity contribution in [2.45, 2.75) is 18.7 Å². The van der Waals surface area contributed by atoms with Crippen molar-refractivity contribution in [1.29, 1.82) is 0 Å². The average molecular weight is 260 g/mol. The van der Waals surface area contributed by atoms with Gasteiger partial charge in [-0.25, -0.2) is 4.98 Å². The quantitative estimate of drug-likeness (QED) is 0.661. The first kappa shape index (κ1) is 12.8. The lowest BCUT2D eigenvalue weighted by molar-refractivity contribution is 0.891. The Morgan fingerprint density at radius 2 is 1.83 bits per heavy atom. The number of anilines is 1. The molecule has 0 radical (unpaired) electrons. The van der Waals surface area contributed by atoms with E-state index in [0.29, 0.717) is 5.95 Å². The van der Waals surface area contributed by atoms with Crippen molar-refractivity contribution in [2.24, 2.45) is 0 Å². The number of benzene rings is 1. The minimum Gasteiger partial charge on any atom is -0.352 e. The summed E-state index contributed by atoms with van der Waals surface area (Å²) in [5.41, 5.74) is 1.79. The number of nitrogens with one attached hydrogen (secondary N) is 1. The van der Waals surface area contributed by atoms with Gasteiger partial charge in [-0.3, -0.25) is 0 Å². The highest BCUT2D eigenvalue weighted by atomic mass is 32.2. The van der Waals surface area contributed by atoms with Crippen molar-refractivity contribution in [3.05, 3.63) is 41.7 Å². The van der Waals surface area contributed by atoms with E-state index in [9.17, 15) is 0 Å². The first-order chi connectivity index (χ1) is 8.75. The third-order valence-corrected chi connectivity index (χ3v) is 3.50. The zero-order valence-corrected chi connectivity index (χ0v) is 11.4. The normalized spacial score (nSPS) is 10.3. The van der Waals surface area contributed by atoms with Crippen LogP contribution in [0, 0.1) is 13.8 Å². The summed E-state index contributed by atoms with van der Waals surface area (Å²) in [6, 6.07) is 10.3. The van der Waals surface area contributed by atoms with Crippen molar-refractivity contribution in [1.82, 2.24) is 15.2 Å². The molecule has 0 fully saturated rings. The minimum atomic E-state index is 0.603. The van der Waals surface area contributed by atoms with Crippen LogP contribution >= 0.6 is 11.8 Å². The number of hydrogen-bond acceptors (Lipinski definition) is 5. The molecule has 0 bridgehead atoms. The minimum absolute atomic E-state index is 0.603. The molecule has 0 atom stereocenters. The Bertz CT molecular complexity index is 502. The standard InChI is InChI=1S/C13H16N4S/c1-10-11(2)16-17-13(15-10)14-8-9-18-12-6-4-3-5-7-12/h3-7H,8-9H2,1-2H3,(H,14,15,17). The molecule has 0 amide bonds. The number of thioether (sulfide) groups is 1. The second-order valence-electron chi connectivity index (χ2n) is 3.89. The number of nitrogens with zero attached hydrogens (tertiary/aromatic N) is 3. The number of aromatic nitrogens is 3. The van der Waals surface area contributed by atoms with Crippen molar-refractivity contribution in [3.63, 3.8) is 0 Å². The van der Waals surface area contributed by atoms with Gasteiger partial charge in [0.1, 0.15) is 0 Å². The molecule has 0 spiro atoms. The maximum Gasteiger partial charge on any atom is 0.242 e. The Labute approximate surface area is 111 Å². The summed E-state index contributed by atoms with van der Waals surface area (Å²) < 4.78 is 0. The summed E-state index contributed by atoms with van der Waals surface area (Å²) in [7, 11) is 0. The second-order valence-corrected chi connectivity index (χ2v) is 5.06. The Hall–Kier alpha value is -1.62. The lowest BCUT2D eigenvalue weighted by atomic mass is 10.4. The van der Waals surface area contributed by atoms with Crippen LogP contribution in [-0.4, -0.2) is 27.5 Å². The summed E-state index contributed by atoms with van der Waals surface area (Å²) in [6.07, 6.45) is 0. The monoisotopic (exact) mass is 260 g/mol. The van der Waals surface area contributed by atoms with Crippen molar-refractivity contribution < 1.29 is 0 Å². The van der Waals surface area contributed by atoms with Crippen LogP contribution in [0.15, 0.2) is 35.2 Å². The van der Waals surface area contributed by atoms with Gasteiger partial charge in [-0.2, -0.15) is 5.10 Å². The largest absolute Gasteiger partial charge is 0.352 e. The molecule has 0 unspecified atom stereocenters. The lowest BCUT2D eigenvalue weighted by Crippen LogP contribution is -2.09. The summed E-state index contributed by atoms with van der Waals surface area (Å²) in [4.78, 5) is 5.60. The maximum atomic E-state index is 4.32. The Morgan fingerprint density at radius 3 is 2.56 bits per heavy atom. The van der Waals surface area contributed by atoms with Crippen LogP contribution in [0.2, 0.25) is 0 Å². The van der Waals surface area contributed by atoms with Crippen LogP contribution < -0.4 is 5.32 Å². The molecule has 1 aromatic heterocycles. The van der Waals surface area contributed by atoms with Gasteiger partial charge < -0.3 is 5.32 Å². The molecule has 0 saturated heterocycles. The van der Waals surface area contributed by atoms with Crippen LogP contribution in [0.4, 0.5) is 5.95 Å². The van der Waals surface area contributed by atoms with Crippen molar-refractivity contribution in [2.75, 3.05) is 17.6 Å². The van der Waals surface area contributed by atoms with Gasteiger partial charge in [0.2, 0.25) is 5.95 Å². The van der Waals surface area contributed by atoms with E-state index in [2.05, 4.69) is 32.6 Å². The molecule has 94 valence electrons. The predicted octanol–water partition coefficient (Wildman–Crippen LogP) is 2.69. The van der Waals surface area contributed by atoms with Gasteiger partial charge in [0.15, 0.2) is 0 Å². The summed E-state index contributed by atoms with van der Waals surface area (Å²) in [6.45, 7) is 4.67. The molecule has 0 saturated carbocycles. The fourth-order valence-electron chi connectivity index (χ4n) is 1.38. The zero-order chi connectivity index (χ0) is 12.8. The number of hydrogen-bond donors (Lipinski definition) is 1. The van der Waals surface area contributed by atoms with E-state index in [1.807, 2.05) is 43.8 Å². The van der Waals surface area contributed by atoms with Gasteiger partial charge in [0.25, 0.3) is 0 Å². The molecule has 1 heterocycles. The van der Waals surface area contributed by atoms with Crippen LogP contribution in [0.1, 0.15) is 11.4 Å². The predicted molar refractivity (Wildman–Crippen MR) is 75.0 cm³/mol. The van der Waals surface area contributed by atoms with Gasteiger partial charge in [-0.1, -0.05) is 18.2 Å². The molecule has 2 aromatic rings. The first-order valence-corrected chi connectivity index (χ1v) is 6.84. The molecule has 1 aromatic carbocycles. The van der Waals surface area contributed by atoms with Gasteiger partial charge >= 0.3 is 0 Å². The SMILES string of the molecule is Cc1nnc(NCCSc2ccccc2)nc1C. The molecular weight excluding hydrogens is 244 g/mol. The highest BCUT2D eigenvalue weighted by molar-refractivity contribution is 7.99. The summed E-state index contributed by atoms with van der Waals surface area (Å²) in [5.74, 6) is 1.58. The van der Waals surface area contributed by atoms with Crippen LogP contribution in [0.5, 0.6) is 0 Å². The topological polar surface area (TPSA) is 50.7 Å². The molecule has 18 heavy (non-hydrogen) atoms. The van der Waals surface area contributed by atoms with E-state index in [-0.39, 0.29) is 0 Å². The van der Waals surface area contributed by atoms with E-state index < -0.39 is 0 Å². The smallest absolute Gasteiger partial charge is 0.242 e. The summed E-state index contributed by atoms with van der Waals surface area (Å²) >= 11 is 1.81. The average Bonchev–Trinajstić information content (AvgIpc) is 2.40. The van der Waals surface area contributed by atoms with Crippen LogP contribution in [0.25, 0.3) is 0 Å². The first-order valence-electron chi connectivity index (χ1n) is 5.85. The molecule has 0 aliphatic carbocycles. The maximum absolute atomic E-state index is 4.32. The van der Waals surface area contributed by atoms with Gasteiger partial charge in [-0.05, 0) is 26.0 Å².